The maximum atomic E-state index is 12.4. The zero-order valence-corrected chi connectivity index (χ0v) is 23.5. The van der Waals surface area contributed by atoms with Crippen LogP contribution >= 0.6 is 0 Å². The van der Waals surface area contributed by atoms with Crippen LogP contribution < -0.4 is 10.0 Å². The summed E-state index contributed by atoms with van der Waals surface area (Å²) in [7, 11) is -5.78. The number of carbonyl (C=O) groups is 2. The molecular weight excluding hydrogens is 521 g/mol. The van der Waals surface area contributed by atoms with Crippen LogP contribution in [0.5, 0.6) is 0 Å². The number of hydrogen-bond acceptors (Lipinski definition) is 5. The lowest BCUT2D eigenvalue weighted by atomic mass is 9.44. The van der Waals surface area contributed by atoms with E-state index >= 15 is 0 Å². The molecule has 4 saturated carbocycles. The first kappa shape index (κ1) is 29.6. The Balaban J connectivity index is 1.29. The molecule has 0 spiro atoms. The van der Waals surface area contributed by atoms with Gasteiger partial charge in [0.25, 0.3) is 5.91 Å². The van der Waals surface area contributed by atoms with Crippen LogP contribution in [0.3, 0.4) is 0 Å². The van der Waals surface area contributed by atoms with E-state index in [0.717, 1.165) is 42.2 Å². The van der Waals surface area contributed by atoms with E-state index < -0.39 is 33.9 Å². The minimum Gasteiger partial charge on any atom is -0.393 e. The second-order valence-electron chi connectivity index (χ2n) is 13.1. The number of sulfonamides is 1. The first-order valence-corrected chi connectivity index (χ1v) is 15.6. The van der Waals surface area contributed by atoms with Crippen LogP contribution in [-0.2, 0) is 19.6 Å². The summed E-state index contributed by atoms with van der Waals surface area (Å²) in [6, 6.07) is 0. The molecule has 0 aromatic rings. The monoisotopic (exact) mass is 564 g/mol. The van der Waals surface area contributed by atoms with E-state index in [-0.39, 0.29) is 23.9 Å². The summed E-state index contributed by atoms with van der Waals surface area (Å²) in [5, 5.41) is 12.5. The number of nitrogens with one attached hydrogen (secondary N) is 2. The quantitative estimate of drug-likeness (QED) is 0.421. The topological polar surface area (TPSA) is 113 Å². The van der Waals surface area contributed by atoms with Gasteiger partial charge in [0.15, 0.2) is 0 Å². The fourth-order valence-electron chi connectivity index (χ4n) is 9.28. The van der Waals surface area contributed by atoms with E-state index in [0.29, 0.717) is 29.6 Å². The third kappa shape index (κ3) is 5.47. The first-order chi connectivity index (χ1) is 17.6. The van der Waals surface area contributed by atoms with Gasteiger partial charge in [-0.15, -0.1) is 0 Å². The number of halogens is 3. The Morgan fingerprint density at radius 1 is 0.974 bits per heavy atom. The number of carbonyl (C=O) groups excluding carboxylic acids is 2. The minimum atomic E-state index is -5.78. The zero-order chi connectivity index (χ0) is 28.1. The second-order valence-corrected chi connectivity index (χ2v) is 14.8. The standard InChI is InChI=1S/C27H43F3N2O5S/c1-16(4-9-23(34)31-15-24(35)32-38(36,37)27(28,29)30)20-7-8-21-19-6-5-17-14-18(33)10-12-25(17,2)22(19)11-13-26(20,21)3/h16-22,33H,4-15H2,1-3H3,(H,31,34)(H,32,35). The number of aliphatic hydroxyl groups is 1. The summed E-state index contributed by atoms with van der Waals surface area (Å²) in [5.41, 5.74) is -5.04. The van der Waals surface area contributed by atoms with E-state index in [2.05, 4.69) is 26.1 Å². The van der Waals surface area contributed by atoms with Gasteiger partial charge in [0.2, 0.25) is 5.91 Å². The molecular formula is C27H43F3N2O5S. The Bertz CT molecular complexity index is 1020. The lowest BCUT2D eigenvalue weighted by Gasteiger charge is -2.61. The number of alkyl halides is 3. The van der Waals surface area contributed by atoms with E-state index in [1.165, 1.54) is 32.1 Å². The van der Waals surface area contributed by atoms with Gasteiger partial charge in [0, 0.05) is 6.42 Å². The lowest BCUT2D eigenvalue weighted by Crippen LogP contribution is -2.54. The molecule has 0 heterocycles. The Hall–Kier alpha value is -1.36. The van der Waals surface area contributed by atoms with Gasteiger partial charge in [0.05, 0.1) is 12.6 Å². The second kappa shape index (κ2) is 10.6. The highest BCUT2D eigenvalue weighted by molar-refractivity contribution is 7.90. The summed E-state index contributed by atoms with van der Waals surface area (Å²) in [6.07, 6.45) is 10.8. The summed E-state index contributed by atoms with van der Waals surface area (Å²) >= 11 is 0. The molecule has 2 amide bonds. The molecule has 218 valence electrons. The normalized spacial score (nSPS) is 39.9. The Kier molecular flexibility index (Phi) is 8.23. The molecule has 0 aromatic carbocycles. The van der Waals surface area contributed by atoms with Gasteiger partial charge in [-0.1, -0.05) is 20.8 Å². The fraction of sp³-hybridized carbons (Fsp3) is 0.926. The highest BCUT2D eigenvalue weighted by Gasteiger charge is 2.60. The van der Waals surface area contributed by atoms with E-state index in [1.54, 1.807) is 0 Å². The molecule has 4 aliphatic carbocycles. The zero-order valence-electron chi connectivity index (χ0n) is 22.6. The van der Waals surface area contributed by atoms with Crippen LogP contribution in [0.15, 0.2) is 0 Å². The van der Waals surface area contributed by atoms with Gasteiger partial charge in [-0.3, -0.25) is 9.59 Å². The van der Waals surface area contributed by atoms with Crippen molar-refractivity contribution in [2.45, 2.75) is 103 Å². The molecule has 0 saturated heterocycles. The van der Waals surface area contributed by atoms with Crippen molar-refractivity contribution in [2.24, 2.45) is 46.3 Å². The predicted octanol–water partition coefficient (Wildman–Crippen LogP) is 4.50. The molecule has 9 unspecified atom stereocenters. The summed E-state index contributed by atoms with van der Waals surface area (Å²) in [6.45, 7) is 6.26. The molecule has 11 heteroatoms. The van der Waals surface area contributed by atoms with Gasteiger partial charge in [-0.05, 0) is 111 Å². The number of amides is 2. The average molecular weight is 565 g/mol. The molecule has 7 nitrogen and oxygen atoms in total. The van der Waals surface area contributed by atoms with E-state index in [4.69, 9.17) is 0 Å². The van der Waals surface area contributed by atoms with Crippen LogP contribution in [-0.4, -0.2) is 43.5 Å². The largest absolute Gasteiger partial charge is 0.516 e. The molecule has 0 radical (unpaired) electrons. The van der Waals surface area contributed by atoms with E-state index in [9.17, 15) is 36.3 Å². The molecule has 0 aromatic heterocycles. The smallest absolute Gasteiger partial charge is 0.393 e. The third-order valence-electron chi connectivity index (χ3n) is 11.2. The minimum absolute atomic E-state index is 0.131. The molecule has 38 heavy (non-hydrogen) atoms. The first-order valence-electron chi connectivity index (χ1n) is 14.1. The average Bonchev–Trinajstić information content (AvgIpc) is 3.18. The van der Waals surface area contributed by atoms with Crippen molar-refractivity contribution < 1.29 is 36.3 Å². The highest BCUT2D eigenvalue weighted by Crippen LogP contribution is 2.68. The highest BCUT2D eigenvalue weighted by atomic mass is 32.2. The lowest BCUT2D eigenvalue weighted by molar-refractivity contribution is -0.130. The maximum absolute atomic E-state index is 12.4. The Morgan fingerprint density at radius 2 is 1.63 bits per heavy atom. The molecule has 0 aliphatic heterocycles. The number of fused-ring (bicyclic) bond motifs is 5. The van der Waals surface area contributed by atoms with Crippen molar-refractivity contribution in [3.8, 4) is 0 Å². The van der Waals surface area contributed by atoms with Crippen molar-refractivity contribution in [3.63, 3.8) is 0 Å². The molecule has 4 rings (SSSR count). The van der Waals surface area contributed by atoms with Crippen molar-refractivity contribution in [2.75, 3.05) is 6.54 Å². The van der Waals surface area contributed by atoms with Crippen molar-refractivity contribution in [1.82, 2.24) is 10.0 Å². The number of rotatable bonds is 7. The van der Waals surface area contributed by atoms with E-state index in [1.807, 2.05) is 0 Å². The summed E-state index contributed by atoms with van der Waals surface area (Å²) in [4.78, 5) is 23.9. The molecule has 4 aliphatic rings. The summed E-state index contributed by atoms with van der Waals surface area (Å²) in [5.74, 6) is 1.60. The van der Waals surface area contributed by atoms with Crippen LogP contribution in [0.4, 0.5) is 13.2 Å². The van der Waals surface area contributed by atoms with Crippen LogP contribution in [0.25, 0.3) is 0 Å². The predicted molar refractivity (Wildman–Crippen MR) is 136 cm³/mol. The SMILES string of the molecule is CC(CCC(=O)NCC(=O)NS(=O)(=O)C(F)(F)F)C1CCC2C3CCC4CC(O)CCC4(C)C3CCC12C. The molecule has 9 atom stereocenters. The Morgan fingerprint density at radius 3 is 2.32 bits per heavy atom. The molecule has 0 bridgehead atoms. The van der Waals surface area contributed by atoms with Crippen molar-refractivity contribution in [3.05, 3.63) is 0 Å². The van der Waals surface area contributed by atoms with Gasteiger partial charge >= 0.3 is 15.5 Å². The van der Waals surface area contributed by atoms with Crippen molar-refractivity contribution >= 4 is 21.8 Å². The van der Waals surface area contributed by atoms with Gasteiger partial charge in [0.1, 0.15) is 0 Å². The summed E-state index contributed by atoms with van der Waals surface area (Å²) < 4.78 is 60.2. The Labute approximate surface area is 224 Å². The van der Waals surface area contributed by atoms with Crippen LogP contribution in [0.1, 0.15) is 91.4 Å². The number of aliphatic hydroxyl groups excluding tert-OH is 1. The third-order valence-corrected chi connectivity index (χ3v) is 12.3. The van der Waals surface area contributed by atoms with Crippen LogP contribution in [0.2, 0.25) is 0 Å². The number of hydrogen-bond donors (Lipinski definition) is 3. The van der Waals surface area contributed by atoms with Gasteiger partial charge in [-0.25, -0.2) is 4.72 Å². The molecule has 4 fully saturated rings. The van der Waals surface area contributed by atoms with Crippen LogP contribution in [0, 0.1) is 46.3 Å². The fourth-order valence-corrected chi connectivity index (χ4v) is 9.77. The maximum Gasteiger partial charge on any atom is 0.516 e. The van der Waals surface area contributed by atoms with Gasteiger partial charge in [-0.2, -0.15) is 21.6 Å². The molecule has 3 N–H and O–H groups in total. The van der Waals surface area contributed by atoms with Crippen molar-refractivity contribution in [1.29, 1.82) is 0 Å². The van der Waals surface area contributed by atoms with Gasteiger partial charge < -0.3 is 10.4 Å².